The van der Waals surface area contributed by atoms with Gasteiger partial charge in [0.25, 0.3) is 0 Å². The van der Waals surface area contributed by atoms with E-state index in [1.807, 2.05) is 4.90 Å². The van der Waals surface area contributed by atoms with Gasteiger partial charge in [-0.3, -0.25) is 9.59 Å². The van der Waals surface area contributed by atoms with E-state index in [-0.39, 0.29) is 48.2 Å². The van der Waals surface area contributed by atoms with E-state index in [1.54, 1.807) is 17.0 Å². The number of urea groups is 1. The second-order valence-corrected chi connectivity index (χ2v) is 14.3. The monoisotopic (exact) mass is 613 g/mol. The summed E-state index contributed by atoms with van der Waals surface area (Å²) in [7, 11) is 0. The third-order valence-corrected chi connectivity index (χ3v) is 10.3. The third kappa shape index (κ3) is 8.12. The zero-order chi connectivity index (χ0) is 32.0. The highest BCUT2D eigenvalue weighted by molar-refractivity contribution is 5.88. The number of hydrogen-bond acceptors (Lipinski definition) is 4. The van der Waals surface area contributed by atoms with Crippen LogP contribution in [0.2, 0.25) is 0 Å². The first-order valence-electron chi connectivity index (χ1n) is 17.1. The van der Waals surface area contributed by atoms with Crippen LogP contribution in [0.25, 0.3) is 0 Å². The molecular weight excluding hydrogens is 557 g/mol. The van der Waals surface area contributed by atoms with Crippen LogP contribution in [0.1, 0.15) is 98.5 Å². The van der Waals surface area contributed by atoms with Crippen molar-refractivity contribution >= 4 is 17.8 Å². The maximum atomic E-state index is 14.4. The molecule has 2 N–H and O–H groups in total. The highest BCUT2D eigenvalue weighted by Crippen LogP contribution is 2.47. The van der Waals surface area contributed by atoms with Crippen LogP contribution in [-0.2, 0) is 16.0 Å². The van der Waals surface area contributed by atoms with Crippen molar-refractivity contribution in [2.75, 3.05) is 26.2 Å². The lowest BCUT2D eigenvalue weighted by Gasteiger charge is -2.50. The predicted molar refractivity (Wildman–Crippen MR) is 173 cm³/mol. The second-order valence-electron chi connectivity index (χ2n) is 14.3. The van der Waals surface area contributed by atoms with Crippen molar-refractivity contribution < 1.29 is 18.8 Å². The maximum Gasteiger partial charge on any atom is 0.318 e. The van der Waals surface area contributed by atoms with Crippen LogP contribution < -0.4 is 10.6 Å². The molecule has 0 spiro atoms. The number of halogens is 1. The van der Waals surface area contributed by atoms with Crippen LogP contribution in [0.3, 0.4) is 0 Å². The lowest BCUT2D eigenvalue weighted by Crippen LogP contribution is -2.60. The number of piperidine rings is 1. The van der Waals surface area contributed by atoms with Gasteiger partial charge in [-0.2, -0.15) is 0 Å². The van der Waals surface area contributed by atoms with E-state index in [1.165, 1.54) is 18.6 Å². The molecule has 3 fully saturated rings. The van der Waals surface area contributed by atoms with Crippen LogP contribution in [0.5, 0.6) is 0 Å². The Labute approximate surface area is 264 Å². The van der Waals surface area contributed by atoms with Crippen LogP contribution in [0.15, 0.2) is 24.3 Å². The molecule has 2 aliphatic heterocycles. The largest absolute Gasteiger partial charge is 0.341 e. The van der Waals surface area contributed by atoms with Crippen LogP contribution in [-0.4, -0.2) is 88.9 Å². The minimum Gasteiger partial charge on any atom is -0.341 e. The summed E-state index contributed by atoms with van der Waals surface area (Å²) in [6.07, 6.45) is 8.05. The molecule has 4 amide bonds. The Morgan fingerprint density at radius 1 is 0.909 bits per heavy atom. The number of nitrogens with one attached hydrogen (secondary N) is 2. The lowest BCUT2D eigenvalue weighted by molar-refractivity contribution is -0.157. The van der Waals surface area contributed by atoms with Crippen molar-refractivity contribution in [2.45, 2.75) is 130 Å². The van der Waals surface area contributed by atoms with E-state index in [0.717, 1.165) is 37.7 Å². The van der Waals surface area contributed by atoms with Gasteiger partial charge in [0.05, 0.1) is 5.41 Å². The second kappa shape index (κ2) is 15.1. The Bertz CT molecular complexity index is 1100. The lowest BCUT2D eigenvalue weighted by atomic mass is 9.62. The molecule has 1 aromatic carbocycles. The topological polar surface area (TPSA) is 85.0 Å². The van der Waals surface area contributed by atoms with Gasteiger partial charge in [0, 0.05) is 56.8 Å². The number of hydrogen-bond donors (Lipinski definition) is 2. The molecule has 3 atom stereocenters. The normalized spacial score (nSPS) is 23.8. The fourth-order valence-electron chi connectivity index (χ4n) is 7.99. The minimum absolute atomic E-state index is 0.109. The first-order chi connectivity index (χ1) is 20.9. The number of nitrogens with zero attached hydrogens (tertiary/aromatic N) is 3. The Hall–Kier alpha value is -2.68. The molecule has 44 heavy (non-hydrogen) atoms. The Morgan fingerprint density at radius 3 is 2.11 bits per heavy atom. The van der Waals surface area contributed by atoms with Crippen molar-refractivity contribution in [2.24, 2.45) is 11.3 Å². The van der Waals surface area contributed by atoms with Gasteiger partial charge < -0.3 is 25.3 Å². The van der Waals surface area contributed by atoms with Crippen LogP contribution in [0, 0.1) is 17.2 Å². The molecule has 0 aromatic heterocycles. The van der Waals surface area contributed by atoms with Crippen molar-refractivity contribution in [3.8, 4) is 0 Å². The van der Waals surface area contributed by atoms with Gasteiger partial charge >= 0.3 is 6.03 Å². The summed E-state index contributed by atoms with van der Waals surface area (Å²) in [6, 6.07) is 5.78. The highest BCUT2D eigenvalue weighted by atomic mass is 19.1. The highest BCUT2D eigenvalue weighted by Gasteiger charge is 2.50. The molecule has 1 saturated carbocycles. The third-order valence-electron chi connectivity index (χ3n) is 10.3. The summed E-state index contributed by atoms with van der Waals surface area (Å²) >= 11 is 0. The van der Waals surface area contributed by atoms with Gasteiger partial charge in [-0.15, -0.1) is 0 Å². The number of likely N-dealkylation sites (tertiary alicyclic amines) is 1. The van der Waals surface area contributed by atoms with Gasteiger partial charge in [0.1, 0.15) is 11.9 Å². The zero-order valence-corrected chi connectivity index (χ0v) is 27.9. The number of carbonyl (C=O) groups excluding carboxylic acids is 3. The number of carbonyl (C=O) groups is 3. The first kappa shape index (κ1) is 34.2. The number of amides is 4. The van der Waals surface area contributed by atoms with E-state index < -0.39 is 11.5 Å². The smallest absolute Gasteiger partial charge is 0.318 e. The maximum absolute atomic E-state index is 14.4. The van der Waals surface area contributed by atoms with Crippen molar-refractivity contribution in [3.63, 3.8) is 0 Å². The standard InChI is InChI=1S/C35H56FN5O3/c1-24(2)41(25(3)4)33(43)35(29-10-8-7-9-11-29)17-20-39(21-18-35)32(42)31(22-28-12-14-30(36)15-13-28)38-34(44)40-19-16-26(5)37-27(6)23-40/h12-15,24-27,29,31,37H,7-11,16-23H2,1-6H3,(H,38,44)/t26?,27-,31-/m1/s1. The summed E-state index contributed by atoms with van der Waals surface area (Å²) in [5, 5.41) is 6.57. The molecule has 2 heterocycles. The van der Waals surface area contributed by atoms with Gasteiger partial charge in [-0.05, 0) is 97.3 Å². The molecule has 1 aliphatic carbocycles. The molecule has 9 heteroatoms. The predicted octanol–water partition coefficient (Wildman–Crippen LogP) is 5.35. The van der Waals surface area contributed by atoms with E-state index in [9.17, 15) is 18.8 Å². The van der Waals surface area contributed by atoms with Gasteiger partial charge in [-0.25, -0.2) is 9.18 Å². The summed E-state index contributed by atoms with van der Waals surface area (Å²) < 4.78 is 13.7. The SMILES string of the molecule is CC1CCN(C(=O)N[C@H](Cc2ccc(F)cc2)C(=O)N2CCC(C(=O)N(C(C)C)C(C)C)(C3CCCCC3)CC2)C[C@@H](C)N1. The quantitative estimate of drug-likeness (QED) is 0.414. The molecule has 3 aliphatic rings. The molecule has 246 valence electrons. The van der Waals surface area contributed by atoms with E-state index >= 15 is 0 Å². The summed E-state index contributed by atoms with van der Waals surface area (Å²) in [6.45, 7) is 14.7. The Morgan fingerprint density at radius 2 is 1.52 bits per heavy atom. The molecule has 4 rings (SSSR count). The molecule has 2 saturated heterocycles. The van der Waals surface area contributed by atoms with Crippen LogP contribution >= 0.6 is 0 Å². The molecule has 1 unspecified atom stereocenters. The molecule has 0 radical (unpaired) electrons. The van der Waals surface area contributed by atoms with Crippen molar-refractivity contribution in [1.29, 1.82) is 0 Å². The molecule has 8 nitrogen and oxygen atoms in total. The Balaban J connectivity index is 1.54. The molecular formula is C35H56FN5O3. The van der Waals surface area contributed by atoms with Gasteiger partial charge in [0.15, 0.2) is 0 Å². The zero-order valence-electron chi connectivity index (χ0n) is 27.9. The number of rotatable bonds is 8. The Kier molecular flexibility index (Phi) is 11.7. The van der Waals surface area contributed by atoms with E-state index in [4.69, 9.17) is 0 Å². The average Bonchev–Trinajstić information content (AvgIpc) is 3.17. The minimum atomic E-state index is -0.780. The molecule has 1 aromatic rings. The van der Waals surface area contributed by atoms with Gasteiger partial charge in [-0.1, -0.05) is 31.4 Å². The number of benzene rings is 1. The van der Waals surface area contributed by atoms with Gasteiger partial charge in [0.2, 0.25) is 11.8 Å². The average molecular weight is 614 g/mol. The van der Waals surface area contributed by atoms with Crippen LogP contribution in [0.4, 0.5) is 9.18 Å². The fraction of sp³-hybridized carbons (Fsp3) is 0.743. The summed E-state index contributed by atoms with van der Waals surface area (Å²) in [5.74, 6) is 0.108. The van der Waals surface area contributed by atoms with Crippen molar-refractivity contribution in [3.05, 3.63) is 35.6 Å². The summed E-state index contributed by atoms with van der Waals surface area (Å²) in [4.78, 5) is 47.9. The summed E-state index contributed by atoms with van der Waals surface area (Å²) in [5.41, 5.74) is 0.325. The fourth-order valence-corrected chi connectivity index (χ4v) is 7.99. The first-order valence-corrected chi connectivity index (χ1v) is 17.1. The molecule has 0 bridgehead atoms. The van der Waals surface area contributed by atoms with E-state index in [2.05, 4.69) is 57.1 Å². The van der Waals surface area contributed by atoms with Crippen molar-refractivity contribution in [1.82, 2.24) is 25.3 Å². The van der Waals surface area contributed by atoms with E-state index in [0.29, 0.717) is 51.0 Å².